The van der Waals surface area contributed by atoms with Crippen LogP contribution in [0, 0.1) is 5.41 Å². The highest BCUT2D eigenvalue weighted by molar-refractivity contribution is 8.01. The molecule has 88 valence electrons. The second-order valence-corrected chi connectivity index (χ2v) is 6.82. The molecule has 0 aliphatic carbocycles. The predicted molar refractivity (Wildman–Crippen MR) is 71.0 cm³/mol. The van der Waals surface area contributed by atoms with Crippen molar-refractivity contribution >= 4 is 29.1 Å². The largest absolute Gasteiger partial charge is 0.297 e. The Morgan fingerprint density at radius 3 is 2.38 bits per heavy atom. The fourth-order valence-corrected chi connectivity index (χ4v) is 2.44. The third kappa shape index (κ3) is 5.04. The van der Waals surface area contributed by atoms with Gasteiger partial charge in [-0.2, -0.15) is 0 Å². The number of Topliss-reactive ketones (excluding diaryl/α,β-unsaturated/α-hetero) is 1. The van der Waals surface area contributed by atoms with E-state index in [1.54, 1.807) is 0 Å². The highest BCUT2D eigenvalue weighted by atomic mass is 35.5. The number of alkyl halides is 1. The van der Waals surface area contributed by atoms with Crippen LogP contribution in [0.1, 0.15) is 27.2 Å². The molecule has 0 heterocycles. The van der Waals surface area contributed by atoms with Crippen molar-refractivity contribution in [1.29, 1.82) is 0 Å². The summed E-state index contributed by atoms with van der Waals surface area (Å²) in [5.41, 5.74) is 0.00146. The molecule has 0 aliphatic heterocycles. The molecule has 1 nitrogen and oxygen atoms in total. The van der Waals surface area contributed by atoms with Crippen molar-refractivity contribution in [3.05, 3.63) is 30.3 Å². The van der Waals surface area contributed by atoms with Crippen LogP contribution < -0.4 is 0 Å². The van der Waals surface area contributed by atoms with E-state index in [-0.39, 0.29) is 11.2 Å². The van der Waals surface area contributed by atoms with Gasteiger partial charge in [-0.25, -0.2) is 0 Å². The van der Waals surface area contributed by atoms with Gasteiger partial charge < -0.3 is 0 Å². The number of hydrogen-bond acceptors (Lipinski definition) is 2. The second-order valence-electron chi connectivity index (χ2n) is 4.95. The molecule has 0 spiro atoms. The SMILES string of the molecule is CC(C)(C)CC(=O)C(Cl)Sc1ccccc1. The maximum atomic E-state index is 11.8. The number of ketones is 1. The first-order valence-electron chi connectivity index (χ1n) is 5.27. The van der Waals surface area contributed by atoms with Crippen LogP contribution in [0.2, 0.25) is 0 Å². The van der Waals surface area contributed by atoms with Crippen LogP contribution >= 0.6 is 23.4 Å². The third-order valence-corrected chi connectivity index (χ3v) is 3.47. The minimum absolute atomic E-state index is 0.00146. The summed E-state index contributed by atoms with van der Waals surface area (Å²) in [5, 5.41) is 0. The quantitative estimate of drug-likeness (QED) is 0.589. The predicted octanol–water partition coefficient (Wildman–Crippen LogP) is 4.35. The number of halogens is 1. The van der Waals surface area contributed by atoms with Crippen LogP contribution in [-0.4, -0.2) is 10.5 Å². The zero-order chi connectivity index (χ0) is 12.2. The minimum Gasteiger partial charge on any atom is -0.297 e. The monoisotopic (exact) mass is 256 g/mol. The maximum absolute atomic E-state index is 11.8. The second kappa shape index (κ2) is 5.74. The van der Waals surface area contributed by atoms with Gasteiger partial charge in [0.15, 0.2) is 5.78 Å². The summed E-state index contributed by atoms with van der Waals surface area (Å²) in [4.78, 5) is 12.8. The first-order chi connectivity index (χ1) is 7.38. The summed E-state index contributed by atoms with van der Waals surface area (Å²) in [6.07, 6.45) is 0.515. The lowest BCUT2D eigenvalue weighted by Crippen LogP contribution is -2.19. The van der Waals surface area contributed by atoms with Crippen LogP contribution in [0.5, 0.6) is 0 Å². The number of carbonyl (C=O) groups is 1. The summed E-state index contributed by atoms with van der Waals surface area (Å²) in [7, 11) is 0. The first kappa shape index (κ1) is 13.6. The average Bonchev–Trinajstić information content (AvgIpc) is 2.16. The molecule has 3 heteroatoms. The Bertz CT molecular complexity index is 343. The number of hydrogen-bond donors (Lipinski definition) is 0. The zero-order valence-corrected chi connectivity index (χ0v) is 11.4. The topological polar surface area (TPSA) is 17.1 Å². The van der Waals surface area contributed by atoms with Crippen molar-refractivity contribution in [2.24, 2.45) is 5.41 Å². The molecular weight excluding hydrogens is 240 g/mol. The lowest BCUT2D eigenvalue weighted by atomic mass is 9.90. The molecule has 0 aliphatic rings. The van der Waals surface area contributed by atoms with E-state index in [1.165, 1.54) is 11.8 Å². The van der Waals surface area contributed by atoms with E-state index < -0.39 is 4.71 Å². The van der Waals surface area contributed by atoms with Gasteiger partial charge in [0, 0.05) is 11.3 Å². The van der Waals surface area contributed by atoms with E-state index in [9.17, 15) is 4.79 Å². The van der Waals surface area contributed by atoms with Gasteiger partial charge in [0.2, 0.25) is 0 Å². The number of carbonyl (C=O) groups excluding carboxylic acids is 1. The fraction of sp³-hybridized carbons (Fsp3) is 0.462. The molecule has 0 radical (unpaired) electrons. The molecule has 1 aromatic carbocycles. The molecule has 0 amide bonds. The molecule has 0 saturated carbocycles. The van der Waals surface area contributed by atoms with Gasteiger partial charge in [-0.05, 0) is 17.5 Å². The van der Waals surface area contributed by atoms with Crippen molar-refractivity contribution in [2.45, 2.75) is 36.8 Å². The van der Waals surface area contributed by atoms with Gasteiger partial charge in [-0.1, -0.05) is 50.7 Å². The maximum Gasteiger partial charge on any atom is 0.161 e. The molecule has 1 unspecified atom stereocenters. The van der Waals surface area contributed by atoms with Crippen LogP contribution in [0.3, 0.4) is 0 Å². The molecule has 0 aromatic heterocycles. The number of thioether (sulfide) groups is 1. The van der Waals surface area contributed by atoms with E-state index >= 15 is 0 Å². The molecule has 0 saturated heterocycles. The molecule has 1 atom stereocenters. The van der Waals surface area contributed by atoms with E-state index in [4.69, 9.17) is 11.6 Å². The summed E-state index contributed by atoms with van der Waals surface area (Å²) in [5.74, 6) is 0.100. The molecule has 1 rings (SSSR count). The Labute approximate surface area is 107 Å². The van der Waals surface area contributed by atoms with E-state index in [0.29, 0.717) is 6.42 Å². The van der Waals surface area contributed by atoms with Crippen molar-refractivity contribution in [1.82, 2.24) is 0 Å². The molecule has 1 aromatic rings. The van der Waals surface area contributed by atoms with E-state index in [1.807, 2.05) is 51.1 Å². The highest BCUT2D eigenvalue weighted by Gasteiger charge is 2.22. The van der Waals surface area contributed by atoms with Crippen molar-refractivity contribution < 1.29 is 4.79 Å². The van der Waals surface area contributed by atoms with E-state index in [2.05, 4.69) is 0 Å². The number of rotatable bonds is 4. The van der Waals surface area contributed by atoms with Crippen LogP contribution in [0.25, 0.3) is 0 Å². The van der Waals surface area contributed by atoms with Gasteiger partial charge in [0.05, 0.1) is 0 Å². The summed E-state index contributed by atoms with van der Waals surface area (Å²) in [6, 6.07) is 9.76. The van der Waals surface area contributed by atoms with E-state index in [0.717, 1.165) is 4.90 Å². The zero-order valence-electron chi connectivity index (χ0n) is 9.87. The Morgan fingerprint density at radius 2 is 1.88 bits per heavy atom. The minimum atomic E-state index is -0.485. The lowest BCUT2D eigenvalue weighted by molar-refractivity contribution is -0.118. The van der Waals surface area contributed by atoms with Gasteiger partial charge in [-0.15, -0.1) is 11.6 Å². The fourth-order valence-electron chi connectivity index (χ4n) is 1.29. The standard InChI is InChI=1S/C13H17ClOS/c1-13(2,3)9-11(15)12(14)16-10-7-5-4-6-8-10/h4-8,12H,9H2,1-3H3. The Kier molecular flexibility index (Phi) is 4.88. The Morgan fingerprint density at radius 1 is 1.31 bits per heavy atom. The summed E-state index contributed by atoms with van der Waals surface area (Å²) < 4.78 is -0.485. The number of benzene rings is 1. The van der Waals surface area contributed by atoms with Crippen LogP contribution in [0.15, 0.2) is 35.2 Å². The highest BCUT2D eigenvalue weighted by Crippen LogP contribution is 2.30. The van der Waals surface area contributed by atoms with Gasteiger partial charge >= 0.3 is 0 Å². The summed E-state index contributed by atoms with van der Waals surface area (Å²) in [6.45, 7) is 6.13. The normalized spacial score (nSPS) is 13.5. The summed E-state index contributed by atoms with van der Waals surface area (Å²) >= 11 is 7.49. The smallest absolute Gasteiger partial charge is 0.161 e. The lowest BCUT2D eigenvalue weighted by Gasteiger charge is -2.18. The van der Waals surface area contributed by atoms with Crippen molar-refractivity contribution in [3.63, 3.8) is 0 Å². The Balaban J connectivity index is 2.53. The molecule has 16 heavy (non-hydrogen) atoms. The molecule has 0 fully saturated rings. The van der Waals surface area contributed by atoms with Crippen LogP contribution in [-0.2, 0) is 4.79 Å². The van der Waals surface area contributed by atoms with Gasteiger partial charge in [-0.3, -0.25) is 4.79 Å². The molecule has 0 bridgehead atoms. The Hall–Kier alpha value is -0.470. The molecular formula is C13H17ClOS. The van der Waals surface area contributed by atoms with Gasteiger partial charge in [0.25, 0.3) is 0 Å². The first-order valence-corrected chi connectivity index (χ1v) is 6.58. The van der Waals surface area contributed by atoms with Crippen molar-refractivity contribution in [3.8, 4) is 0 Å². The van der Waals surface area contributed by atoms with Crippen LogP contribution in [0.4, 0.5) is 0 Å². The average molecular weight is 257 g/mol. The van der Waals surface area contributed by atoms with Crippen molar-refractivity contribution in [2.75, 3.05) is 0 Å². The molecule has 0 N–H and O–H groups in total. The van der Waals surface area contributed by atoms with Gasteiger partial charge in [0.1, 0.15) is 4.71 Å². The third-order valence-electron chi connectivity index (χ3n) is 1.94.